The Kier molecular flexibility index (Phi) is 5.66. The van der Waals surface area contributed by atoms with Crippen LogP contribution in [0.25, 0.3) is 5.69 Å². The van der Waals surface area contributed by atoms with Crippen LogP contribution >= 0.6 is 11.3 Å². The second-order valence-corrected chi connectivity index (χ2v) is 8.26. The van der Waals surface area contributed by atoms with Crippen molar-refractivity contribution in [1.29, 1.82) is 0 Å². The summed E-state index contributed by atoms with van der Waals surface area (Å²) in [6.45, 7) is 0. The molecule has 4 rings (SSSR count). The Bertz CT molecular complexity index is 1130. The molecule has 1 aliphatic carbocycles. The Morgan fingerprint density at radius 1 is 1.14 bits per heavy atom. The summed E-state index contributed by atoms with van der Waals surface area (Å²) in [5, 5.41) is 14.9. The van der Waals surface area contributed by atoms with Crippen LogP contribution in [-0.4, -0.2) is 25.9 Å². The molecule has 150 valence electrons. The van der Waals surface area contributed by atoms with Crippen molar-refractivity contribution in [3.8, 4) is 5.69 Å². The predicted octanol–water partition coefficient (Wildman–Crippen LogP) is 2.75. The van der Waals surface area contributed by atoms with Gasteiger partial charge in [-0.05, 0) is 24.1 Å². The second kappa shape index (κ2) is 8.52. The van der Waals surface area contributed by atoms with E-state index in [1.807, 2.05) is 0 Å². The lowest BCUT2D eigenvalue weighted by molar-refractivity contribution is 0.102. The molecule has 1 saturated carbocycles. The molecule has 0 spiro atoms. The first-order valence-corrected chi connectivity index (χ1v) is 10.5. The Balaban J connectivity index is 1.47. The van der Waals surface area contributed by atoms with Crippen molar-refractivity contribution in [2.24, 2.45) is 5.92 Å². The lowest BCUT2D eigenvalue weighted by Crippen LogP contribution is -2.26. The molecule has 0 bridgehead atoms. The van der Waals surface area contributed by atoms with Gasteiger partial charge in [-0.15, -0.1) is 10.2 Å². The highest BCUT2D eigenvalue weighted by atomic mass is 32.1. The van der Waals surface area contributed by atoms with E-state index in [-0.39, 0.29) is 5.91 Å². The van der Waals surface area contributed by atoms with E-state index < -0.39 is 11.1 Å². The lowest BCUT2D eigenvalue weighted by Gasteiger charge is -2.19. The van der Waals surface area contributed by atoms with Crippen molar-refractivity contribution < 1.29 is 4.79 Å². The number of aromatic amines is 1. The fourth-order valence-corrected chi connectivity index (χ4v) is 4.45. The molecule has 2 N–H and O–H groups in total. The summed E-state index contributed by atoms with van der Waals surface area (Å²) < 4.78 is 1.10. The van der Waals surface area contributed by atoms with Gasteiger partial charge in [0.25, 0.3) is 17.0 Å². The topological polar surface area (TPSA) is 110 Å². The average Bonchev–Trinajstić information content (AvgIpc) is 3.17. The first kappa shape index (κ1) is 19.3. The van der Waals surface area contributed by atoms with Crippen LogP contribution in [0.4, 0.5) is 5.13 Å². The molecular formula is C20H21N5O3S. The summed E-state index contributed by atoms with van der Waals surface area (Å²) in [4.78, 5) is 36.1. The van der Waals surface area contributed by atoms with Gasteiger partial charge in [0.1, 0.15) is 5.01 Å². The van der Waals surface area contributed by atoms with E-state index in [9.17, 15) is 14.4 Å². The van der Waals surface area contributed by atoms with Gasteiger partial charge < -0.3 is 0 Å². The minimum atomic E-state index is -0.404. The van der Waals surface area contributed by atoms with Crippen molar-refractivity contribution in [2.75, 3.05) is 5.32 Å². The van der Waals surface area contributed by atoms with Gasteiger partial charge >= 0.3 is 0 Å². The highest BCUT2D eigenvalue weighted by molar-refractivity contribution is 7.15. The summed E-state index contributed by atoms with van der Waals surface area (Å²) in [6.07, 6.45) is 7.24. The van der Waals surface area contributed by atoms with Gasteiger partial charge in [-0.25, -0.2) is 4.68 Å². The number of H-pyrrole nitrogens is 1. The quantitative estimate of drug-likeness (QED) is 0.671. The van der Waals surface area contributed by atoms with Crippen LogP contribution < -0.4 is 16.4 Å². The summed E-state index contributed by atoms with van der Waals surface area (Å²) in [5.74, 6) is 0.307. The molecule has 1 amide bonds. The van der Waals surface area contributed by atoms with Gasteiger partial charge in [-0.3, -0.25) is 24.8 Å². The molecule has 1 fully saturated rings. The summed E-state index contributed by atoms with van der Waals surface area (Å²) in [7, 11) is 0. The third-order valence-electron chi connectivity index (χ3n) is 5.06. The Morgan fingerprint density at radius 3 is 2.79 bits per heavy atom. The zero-order valence-electron chi connectivity index (χ0n) is 15.8. The van der Waals surface area contributed by atoms with Gasteiger partial charge in [-0.1, -0.05) is 49.5 Å². The third-order valence-corrected chi connectivity index (χ3v) is 5.92. The smallest absolute Gasteiger partial charge is 0.269 e. The third kappa shape index (κ3) is 4.68. The van der Waals surface area contributed by atoms with Crippen LogP contribution in [0.1, 0.15) is 47.5 Å². The van der Waals surface area contributed by atoms with Crippen molar-refractivity contribution in [2.45, 2.75) is 38.5 Å². The number of nitrogens with zero attached hydrogens (tertiary/aromatic N) is 3. The molecule has 8 nitrogen and oxygen atoms in total. The first-order chi connectivity index (χ1) is 14.1. The van der Waals surface area contributed by atoms with E-state index in [0.29, 0.717) is 22.3 Å². The summed E-state index contributed by atoms with van der Waals surface area (Å²) in [5.41, 5.74) is -0.0452. The monoisotopic (exact) mass is 411 g/mol. The Morgan fingerprint density at radius 2 is 1.97 bits per heavy atom. The molecule has 2 aromatic heterocycles. The molecule has 9 heteroatoms. The van der Waals surface area contributed by atoms with Crippen LogP contribution in [0.2, 0.25) is 0 Å². The minimum absolute atomic E-state index is 0.349. The lowest BCUT2D eigenvalue weighted by atomic mass is 9.87. The van der Waals surface area contributed by atoms with Crippen LogP contribution in [0.5, 0.6) is 0 Å². The minimum Gasteiger partial charge on any atom is -0.296 e. The molecule has 3 aromatic rings. The number of anilines is 1. The number of rotatable bonds is 5. The number of nitrogens with one attached hydrogen (secondary N) is 2. The molecule has 0 saturated heterocycles. The maximum atomic E-state index is 12.6. The van der Waals surface area contributed by atoms with E-state index >= 15 is 0 Å². The molecule has 0 aliphatic heterocycles. The molecule has 29 heavy (non-hydrogen) atoms. The summed E-state index contributed by atoms with van der Waals surface area (Å²) >= 11 is 1.40. The fraction of sp³-hybridized carbons (Fsp3) is 0.350. The Hall–Kier alpha value is -3.07. The largest absolute Gasteiger partial charge is 0.296 e. The SMILES string of the molecule is O=C(Nc1nnc(CC2CCCCC2)s1)c1cccc(-n2[nH]c(=O)ccc2=O)c1. The van der Waals surface area contributed by atoms with Gasteiger partial charge in [0.15, 0.2) is 0 Å². The molecule has 1 aliphatic rings. The molecule has 0 atom stereocenters. The number of carbonyl (C=O) groups is 1. The molecule has 2 heterocycles. The second-order valence-electron chi connectivity index (χ2n) is 7.20. The number of benzene rings is 1. The normalized spacial score (nSPS) is 14.6. The predicted molar refractivity (Wildman–Crippen MR) is 111 cm³/mol. The highest BCUT2D eigenvalue weighted by Crippen LogP contribution is 2.28. The van der Waals surface area contributed by atoms with Crippen molar-refractivity contribution in [3.05, 3.63) is 67.7 Å². The zero-order chi connectivity index (χ0) is 20.2. The maximum absolute atomic E-state index is 12.6. The number of hydrogen-bond donors (Lipinski definition) is 2. The number of hydrogen-bond acceptors (Lipinski definition) is 6. The summed E-state index contributed by atoms with van der Waals surface area (Å²) in [6, 6.07) is 8.81. The van der Waals surface area contributed by atoms with Gasteiger partial charge in [-0.2, -0.15) is 0 Å². The standard InChI is InChI=1S/C20H21N5O3S/c26-16-9-10-18(27)25(24-16)15-8-4-7-14(12-15)19(28)21-20-23-22-17(29-20)11-13-5-2-1-3-6-13/h4,7-10,12-13H,1-3,5-6,11H2,(H,24,26)(H,21,23,28). The maximum Gasteiger partial charge on any atom is 0.269 e. The van der Waals surface area contributed by atoms with E-state index in [2.05, 4.69) is 20.6 Å². The molecule has 0 radical (unpaired) electrons. The van der Waals surface area contributed by atoms with Crippen molar-refractivity contribution >= 4 is 22.4 Å². The first-order valence-electron chi connectivity index (χ1n) is 9.65. The molecule has 1 aromatic carbocycles. The van der Waals surface area contributed by atoms with E-state index in [4.69, 9.17) is 0 Å². The number of aromatic nitrogens is 4. The van der Waals surface area contributed by atoms with Crippen LogP contribution in [0, 0.1) is 5.92 Å². The van der Waals surface area contributed by atoms with E-state index in [0.717, 1.165) is 22.2 Å². The fourth-order valence-electron chi connectivity index (χ4n) is 3.60. The van der Waals surface area contributed by atoms with E-state index in [1.54, 1.807) is 18.2 Å². The van der Waals surface area contributed by atoms with Gasteiger partial charge in [0.2, 0.25) is 5.13 Å². The number of amides is 1. The van der Waals surface area contributed by atoms with Crippen LogP contribution in [0.3, 0.4) is 0 Å². The van der Waals surface area contributed by atoms with Gasteiger partial charge in [0.05, 0.1) is 5.69 Å². The van der Waals surface area contributed by atoms with Crippen LogP contribution in [0.15, 0.2) is 46.0 Å². The zero-order valence-corrected chi connectivity index (χ0v) is 16.6. The van der Waals surface area contributed by atoms with Gasteiger partial charge in [0, 0.05) is 24.1 Å². The molecule has 0 unspecified atom stereocenters. The van der Waals surface area contributed by atoms with Crippen molar-refractivity contribution in [1.82, 2.24) is 20.0 Å². The highest BCUT2D eigenvalue weighted by Gasteiger charge is 2.17. The number of carbonyl (C=O) groups excluding carboxylic acids is 1. The Labute approximate surface area is 170 Å². The van der Waals surface area contributed by atoms with Crippen molar-refractivity contribution in [3.63, 3.8) is 0 Å². The van der Waals surface area contributed by atoms with E-state index in [1.165, 1.54) is 55.6 Å². The van der Waals surface area contributed by atoms with Crippen LogP contribution in [-0.2, 0) is 6.42 Å². The average molecular weight is 411 g/mol. The molecular weight excluding hydrogens is 390 g/mol.